The van der Waals surface area contributed by atoms with Crippen molar-refractivity contribution >= 4 is 28.4 Å². The molecule has 3 aromatic rings. The Morgan fingerprint density at radius 1 is 1.04 bits per heavy atom. The van der Waals surface area contributed by atoms with E-state index < -0.39 is 17.6 Å². The zero-order chi connectivity index (χ0) is 16.9. The Morgan fingerprint density at radius 3 is 2.71 bits per heavy atom. The van der Waals surface area contributed by atoms with Gasteiger partial charge in [0.15, 0.2) is 0 Å². The Balaban J connectivity index is 1.53. The summed E-state index contributed by atoms with van der Waals surface area (Å²) in [6.07, 6.45) is 2.49. The average molecular weight is 325 g/mol. The monoisotopic (exact) mass is 325 g/mol. The summed E-state index contributed by atoms with van der Waals surface area (Å²) in [6, 6.07) is 13.3. The van der Waals surface area contributed by atoms with Gasteiger partial charge in [0.1, 0.15) is 5.82 Å². The zero-order valence-corrected chi connectivity index (χ0v) is 12.8. The van der Waals surface area contributed by atoms with Gasteiger partial charge in [0.05, 0.1) is 0 Å². The van der Waals surface area contributed by atoms with Gasteiger partial charge in [0.2, 0.25) is 0 Å². The van der Waals surface area contributed by atoms with Crippen molar-refractivity contribution in [3.8, 4) is 0 Å². The standard InChI is InChI=1S/C18H16FN3O2/c19-13-4-3-5-14(10-13)22-18(24)17(23)20-9-8-12-11-21-16-7-2-1-6-15(12)16/h1-7,10-11,21H,8-9H2,(H,20,23)(H,22,24). The molecule has 5 nitrogen and oxygen atoms in total. The summed E-state index contributed by atoms with van der Waals surface area (Å²) in [7, 11) is 0. The van der Waals surface area contributed by atoms with E-state index in [-0.39, 0.29) is 5.69 Å². The number of amides is 2. The maximum Gasteiger partial charge on any atom is 0.313 e. The lowest BCUT2D eigenvalue weighted by Gasteiger charge is -2.06. The van der Waals surface area contributed by atoms with Gasteiger partial charge < -0.3 is 15.6 Å². The molecule has 1 aromatic heterocycles. The van der Waals surface area contributed by atoms with E-state index >= 15 is 0 Å². The number of para-hydroxylation sites is 1. The summed E-state index contributed by atoms with van der Waals surface area (Å²) in [6.45, 7) is 0.331. The first-order valence-corrected chi connectivity index (χ1v) is 7.53. The smallest absolute Gasteiger partial charge is 0.313 e. The summed E-state index contributed by atoms with van der Waals surface area (Å²) in [5, 5.41) is 6.01. The van der Waals surface area contributed by atoms with Crippen molar-refractivity contribution in [1.29, 1.82) is 0 Å². The number of rotatable bonds is 4. The molecule has 0 fully saturated rings. The van der Waals surface area contributed by atoms with E-state index in [9.17, 15) is 14.0 Å². The van der Waals surface area contributed by atoms with E-state index in [4.69, 9.17) is 0 Å². The van der Waals surface area contributed by atoms with Gasteiger partial charge >= 0.3 is 11.8 Å². The normalized spacial score (nSPS) is 10.5. The third-order valence-electron chi connectivity index (χ3n) is 3.64. The van der Waals surface area contributed by atoms with Crippen LogP contribution in [-0.4, -0.2) is 23.3 Å². The second-order valence-corrected chi connectivity index (χ2v) is 5.33. The molecule has 0 atom stereocenters. The van der Waals surface area contributed by atoms with Crippen LogP contribution in [0.15, 0.2) is 54.7 Å². The Morgan fingerprint density at radius 2 is 1.88 bits per heavy atom. The fraction of sp³-hybridized carbons (Fsp3) is 0.111. The van der Waals surface area contributed by atoms with Crippen LogP contribution in [0, 0.1) is 5.82 Å². The molecule has 0 spiro atoms. The van der Waals surface area contributed by atoms with E-state index in [2.05, 4.69) is 15.6 Å². The number of halogens is 1. The van der Waals surface area contributed by atoms with Crippen molar-refractivity contribution in [3.63, 3.8) is 0 Å². The molecule has 2 aromatic carbocycles. The number of carbonyl (C=O) groups is 2. The first-order chi connectivity index (χ1) is 11.6. The second kappa shape index (κ2) is 6.95. The lowest BCUT2D eigenvalue weighted by Crippen LogP contribution is -2.36. The second-order valence-electron chi connectivity index (χ2n) is 5.33. The van der Waals surface area contributed by atoms with Crippen LogP contribution in [0.5, 0.6) is 0 Å². The number of nitrogens with one attached hydrogen (secondary N) is 3. The Bertz CT molecular complexity index is 889. The summed E-state index contributed by atoms with van der Waals surface area (Å²) >= 11 is 0. The molecule has 0 aliphatic rings. The number of aromatic nitrogens is 1. The number of hydrogen-bond acceptors (Lipinski definition) is 2. The lowest BCUT2D eigenvalue weighted by atomic mass is 10.1. The van der Waals surface area contributed by atoms with Crippen molar-refractivity contribution in [2.24, 2.45) is 0 Å². The molecule has 6 heteroatoms. The Kier molecular flexibility index (Phi) is 4.56. The van der Waals surface area contributed by atoms with Gasteiger partial charge in [-0.05, 0) is 36.2 Å². The van der Waals surface area contributed by atoms with E-state index in [1.54, 1.807) is 0 Å². The van der Waals surface area contributed by atoms with Gasteiger partial charge in [0.25, 0.3) is 0 Å². The fourth-order valence-corrected chi connectivity index (χ4v) is 2.48. The predicted octanol–water partition coefficient (Wildman–Crippen LogP) is 2.60. The topological polar surface area (TPSA) is 74.0 Å². The zero-order valence-electron chi connectivity index (χ0n) is 12.8. The molecule has 3 rings (SSSR count). The van der Waals surface area contributed by atoms with Gasteiger partial charge in [-0.25, -0.2) is 4.39 Å². The molecule has 0 bridgehead atoms. The predicted molar refractivity (Wildman–Crippen MR) is 90.0 cm³/mol. The number of H-pyrrole nitrogens is 1. The largest absolute Gasteiger partial charge is 0.361 e. The fourth-order valence-electron chi connectivity index (χ4n) is 2.48. The highest BCUT2D eigenvalue weighted by molar-refractivity contribution is 6.39. The van der Waals surface area contributed by atoms with Crippen LogP contribution in [0.25, 0.3) is 10.9 Å². The maximum absolute atomic E-state index is 13.1. The number of benzene rings is 2. The van der Waals surface area contributed by atoms with Gasteiger partial charge in [0, 0.05) is 29.3 Å². The van der Waals surface area contributed by atoms with Crippen LogP contribution in [0.1, 0.15) is 5.56 Å². The van der Waals surface area contributed by atoms with Crippen molar-refractivity contribution in [2.45, 2.75) is 6.42 Å². The van der Waals surface area contributed by atoms with E-state index in [1.807, 2.05) is 30.5 Å². The summed E-state index contributed by atoms with van der Waals surface area (Å²) in [4.78, 5) is 26.7. The SMILES string of the molecule is O=C(NCCc1c[nH]c2ccccc12)C(=O)Nc1cccc(F)c1. The average Bonchev–Trinajstić information content (AvgIpc) is 2.98. The number of carbonyl (C=O) groups excluding carboxylic acids is 2. The molecule has 24 heavy (non-hydrogen) atoms. The first-order valence-electron chi connectivity index (χ1n) is 7.53. The van der Waals surface area contributed by atoms with Crippen LogP contribution in [-0.2, 0) is 16.0 Å². The quantitative estimate of drug-likeness (QED) is 0.645. The van der Waals surface area contributed by atoms with Crippen LogP contribution >= 0.6 is 0 Å². The third kappa shape index (κ3) is 3.60. The van der Waals surface area contributed by atoms with Crippen molar-refractivity contribution < 1.29 is 14.0 Å². The minimum Gasteiger partial charge on any atom is -0.361 e. The van der Waals surface area contributed by atoms with Crippen molar-refractivity contribution in [3.05, 3.63) is 66.1 Å². The molecular weight excluding hydrogens is 309 g/mol. The number of fused-ring (bicyclic) bond motifs is 1. The first kappa shape index (κ1) is 15.7. The van der Waals surface area contributed by atoms with E-state index in [1.165, 1.54) is 18.2 Å². The van der Waals surface area contributed by atoms with Crippen LogP contribution in [0.4, 0.5) is 10.1 Å². The Labute approximate surface area is 137 Å². The number of anilines is 1. The highest BCUT2D eigenvalue weighted by atomic mass is 19.1. The molecule has 0 radical (unpaired) electrons. The van der Waals surface area contributed by atoms with Gasteiger partial charge in [-0.3, -0.25) is 9.59 Å². The minimum absolute atomic E-state index is 0.242. The molecular formula is C18H16FN3O2. The van der Waals surface area contributed by atoms with E-state index in [0.717, 1.165) is 22.5 Å². The van der Waals surface area contributed by atoms with Gasteiger partial charge in [-0.1, -0.05) is 24.3 Å². The number of aromatic amines is 1. The molecule has 3 N–H and O–H groups in total. The highest BCUT2D eigenvalue weighted by Crippen LogP contribution is 2.17. The molecule has 2 amide bonds. The summed E-state index contributed by atoms with van der Waals surface area (Å²) in [5.41, 5.74) is 2.34. The molecule has 0 aliphatic carbocycles. The van der Waals surface area contributed by atoms with Crippen molar-refractivity contribution in [1.82, 2.24) is 10.3 Å². The molecule has 0 saturated heterocycles. The van der Waals surface area contributed by atoms with E-state index in [0.29, 0.717) is 13.0 Å². The molecule has 0 saturated carbocycles. The van der Waals surface area contributed by atoms with Crippen LogP contribution < -0.4 is 10.6 Å². The molecule has 1 heterocycles. The highest BCUT2D eigenvalue weighted by Gasteiger charge is 2.13. The molecule has 122 valence electrons. The van der Waals surface area contributed by atoms with Crippen LogP contribution in [0.2, 0.25) is 0 Å². The van der Waals surface area contributed by atoms with Gasteiger partial charge in [-0.15, -0.1) is 0 Å². The van der Waals surface area contributed by atoms with Gasteiger partial charge in [-0.2, -0.15) is 0 Å². The van der Waals surface area contributed by atoms with Crippen molar-refractivity contribution in [2.75, 3.05) is 11.9 Å². The lowest BCUT2D eigenvalue weighted by molar-refractivity contribution is -0.136. The van der Waals surface area contributed by atoms with Crippen LogP contribution in [0.3, 0.4) is 0 Å². The number of hydrogen-bond donors (Lipinski definition) is 3. The Hall–Kier alpha value is -3.15. The minimum atomic E-state index is -0.820. The third-order valence-corrected chi connectivity index (χ3v) is 3.64. The maximum atomic E-state index is 13.1. The molecule has 0 aliphatic heterocycles. The summed E-state index contributed by atoms with van der Waals surface area (Å²) in [5.74, 6) is -2.05. The molecule has 0 unspecified atom stereocenters. The summed E-state index contributed by atoms with van der Waals surface area (Å²) < 4.78 is 13.1.